The average molecular weight is 362 g/mol. The summed E-state index contributed by atoms with van der Waals surface area (Å²) in [6.07, 6.45) is 1.07. The number of carbonyl (C=O) groups is 2. The van der Waals surface area contributed by atoms with E-state index in [4.69, 9.17) is 9.47 Å². The lowest BCUT2D eigenvalue weighted by Crippen LogP contribution is -2.39. The van der Waals surface area contributed by atoms with Gasteiger partial charge in [0.15, 0.2) is 0 Å². The molecular formula is C20H30N2O4. The minimum Gasteiger partial charge on any atom is -0.496 e. The summed E-state index contributed by atoms with van der Waals surface area (Å²) < 4.78 is 10.8. The SMILES string of the molecule is COc1cc(CC(=O)N2CCCN(C(=O)C(C)C)CC2)c(OC)cc1C. The van der Waals surface area contributed by atoms with Crippen LogP contribution in [0.25, 0.3) is 0 Å². The third-order valence-corrected chi connectivity index (χ3v) is 4.79. The van der Waals surface area contributed by atoms with Gasteiger partial charge in [-0.15, -0.1) is 0 Å². The number of amides is 2. The molecule has 0 saturated carbocycles. The lowest BCUT2D eigenvalue weighted by molar-refractivity contribution is -0.135. The molecule has 1 aliphatic rings. The van der Waals surface area contributed by atoms with Crippen molar-refractivity contribution in [2.45, 2.75) is 33.6 Å². The van der Waals surface area contributed by atoms with Crippen molar-refractivity contribution in [1.82, 2.24) is 9.80 Å². The minimum absolute atomic E-state index is 0.0125. The minimum atomic E-state index is -0.0125. The van der Waals surface area contributed by atoms with Crippen LogP contribution in [-0.4, -0.2) is 62.0 Å². The molecule has 1 aromatic carbocycles. The summed E-state index contributed by atoms with van der Waals surface area (Å²) >= 11 is 0. The Kier molecular flexibility index (Phi) is 6.89. The van der Waals surface area contributed by atoms with E-state index in [0.717, 1.165) is 23.3 Å². The van der Waals surface area contributed by atoms with Crippen LogP contribution in [0.2, 0.25) is 0 Å². The maximum absolute atomic E-state index is 12.8. The van der Waals surface area contributed by atoms with Crippen LogP contribution in [0.3, 0.4) is 0 Å². The van der Waals surface area contributed by atoms with Gasteiger partial charge in [-0.2, -0.15) is 0 Å². The van der Waals surface area contributed by atoms with Crippen molar-refractivity contribution in [2.24, 2.45) is 5.92 Å². The second-order valence-corrected chi connectivity index (χ2v) is 7.02. The van der Waals surface area contributed by atoms with Gasteiger partial charge >= 0.3 is 0 Å². The van der Waals surface area contributed by atoms with Gasteiger partial charge in [0.25, 0.3) is 0 Å². The molecule has 2 rings (SSSR count). The number of hydrogen-bond donors (Lipinski definition) is 0. The van der Waals surface area contributed by atoms with Crippen LogP contribution >= 0.6 is 0 Å². The Morgan fingerprint density at radius 2 is 1.62 bits per heavy atom. The molecule has 0 atom stereocenters. The number of methoxy groups -OCH3 is 2. The molecule has 6 heteroatoms. The zero-order chi connectivity index (χ0) is 19.3. The Morgan fingerprint density at radius 3 is 2.23 bits per heavy atom. The first kappa shape index (κ1) is 20.1. The van der Waals surface area contributed by atoms with Crippen molar-refractivity contribution in [2.75, 3.05) is 40.4 Å². The monoisotopic (exact) mass is 362 g/mol. The molecular weight excluding hydrogens is 332 g/mol. The number of aryl methyl sites for hydroxylation is 1. The Morgan fingerprint density at radius 1 is 1.00 bits per heavy atom. The largest absolute Gasteiger partial charge is 0.496 e. The van der Waals surface area contributed by atoms with Gasteiger partial charge in [0, 0.05) is 37.7 Å². The lowest BCUT2D eigenvalue weighted by Gasteiger charge is -2.24. The predicted octanol–water partition coefficient (Wildman–Crippen LogP) is 2.27. The van der Waals surface area contributed by atoms with Gasteiger partial charge in [-0.3, -0.25) is 9.59 Å². The quantitative estimate of drug-likeness (QED) is 0.806. The van der Waals surface area contributed by atoms with Crippen molar-refractivity contribution < 1.29 is 19.1 Å². The molecule has 1 heterocycles. The first-order chi connectivity index (χ1) is 12.4. The highest BCUT2D eigenvalue weighted by molar-refractivity contribution is 5.80. The van der Waals surface area contributed by atoms with E-state index in [0.29, 0.717) is 31.9 Å². The van der Waals surface area contributed by atoms with Gasteiger partial charge in [-0.25, -0.2) is 0 Å². The number of carbonyl (C=O) groups excluding carboxylic acids is 2. The van der Waals surface area contributed by atoms with Crippen molar-refractivity contribution in [3.05, 3.63) is 23.3 Å². The Balaban J connectivity index is 2.07. The number of nitrogens with zero attached hydrogens (tertiary/aromatic N) is 2. The maximum atomic E-state index is 12.8. The van der Waals surface area contributed by atoms with E-state index in [9.17, 15) is 9.59 Å². The predicted molar refractivity (Wildman–Crippen MR) is 101 cm³/mol. The molecule has 0 aromatic heterocycles. The Hall–Kier alpha value is -2.24. The molecule has 26 heavy (non-hydrogen) atoms. The van der Waals surface area contributed by atoms with Crippen molar-refractivity contribution in [3.8, 4) is 11.5 Å². The summed E-state index contributed by atoms with van der Waals surface area (Å²) in [4.78, 5) is 28.7. The molecule has 1 saturated heterocycles. The van der Waals surface area contributed by atoms with Crippen LogP contribution < -0.4 is 9.47 Å². The highest BCUT2D eigenvalue weighted by Crippen LogP contribution is 2.29. The van der Waals surface area contributed by atoms with Crippen molar-refractivity contribution in [3.63, 3.8) is 0 Å². The molecule has 1 aliphatic heterocycles. The van der Waals surface area contributed by atoms with Gasteiger partial charge in [-0.1, -0.05) is 13.8 Å². The fourth-order valence-corrected chi connectivity index (χ4v) is 3.28. The second kappa shape index (κ2) is 8.92. The van der Waals surface area contributed by atoms with E-state index >= 15 is 0 Å². The van der Waals surface area contributed by atoms with Gasteiger partial charge in [0.05, 0.1) is 20.6 Å². The lowest BCUT2D eigenvalue weighted by atomic mass is 10.1. The molecule has 144 valence electrons. The zero-order valence-electron chi connectivity index (χ0n) is 16.5. The number of rotatable bonds is 5. The fraction of sp³-hybridized carbons (Fsp3) is 0.600. The molecule has 6 nitrogen and oxygen atoms in total. The van der Waals surface area contributed by atoms with Crippen LogP contribution in [0.1, 0.15) is 31.4 Å². The van der Waals surface area contributed by atoms with Crippen LogP contribution in [0, 0.1) is 12.8 Å². The van der Waals surface area contributed by atoms with E-state index in [1.54, 1.807) is 14.2 Å². The van der Waals surface area contributed by atoms with Crippen molar-refractivity contribution >= 4 is 11.8 Å². The van der Waals surface area contributed by atoms with Crippen molar-refractivity contribution in [1.29, 1.82) is 0 Å². The third kappa shape index (κ3) is 4.68. The van der Waals surface area contributed by atoms with E-state index in [1.165, 1.54) is 0 Å². The van der Waals surface area contributed by atoms with Gasteiger partial charge < -0.3 is 19.3 Å². The first-order valence-electron chi connectivity index (χ1n) is 9.15. The Labute approximate surface area is 156 Å². The Bertz CT molecular complexity index is 657. The molecule has 0 aliphatic carbocycles. The summed E-state index contributed by atoms with van der Waals surface area (Å²) in [5.41, 5.74) is 1.79. The normalized spacial score (nSPS) is 15.0. The number of benzene rings is 1. The van der Waals surface area contributed by atoms with Gasteiger partial charge in [-0.05, 0) is 31.0 Å². The molecule has 2 amide bonds. The standard InChI is InChI=1S/C20H30N2O4/c1-14(2)20(24)22-8-6-7-21(9-10-22)19(23)13-16-12-17(25-4)15(3)11-18(16)26-5/h11-12,14H,6-10,13H2,1-5H3. The van der Waals surface area contributed by atoms with Crippen LogP contribution in [0.4, 0.5) is 0 Å². The average Bonchev–Trinajstić information content (AvgIpc) is 2.88. The topological polar surface area (TPSA) is 59.1 Å². The molecule has 0 spiro atoms. The molecule has 0 unspecified atom stereocenters. The van der Waals surface area contributed by atoms with Gasteiger partial charge in [0.2, 0.25) is 11.8 Å². The summed E-state index contributed by atoms with van der Waals surface area (Å²) in [5.74, 6) is 1.64. The summed E-state index contributed by atoms with van der Waals surface area (Å²) in [7, 11) is 3.23. The molecule has 1 fully saturated rings. The summed E-state index contributed by atoms with van der Waals surface area (Å²) in [6.45, 7) is 8.32. The van der Waals surface area contributed by atoms with E-state index in [2.05, 4.69) is 0 Å². The van der Waals surface area contributed by atoms with E-state index in [1.807, 2.05) is 42.7 Å². The van der Waals surface area contributed by atoms with Crippen LogP contribution in [0.5, 0.6) is 11.5 Å². The summed E-state index contributed by atoms with van der Waals surface area (Å²) in [5, 5.41) is 0. The van der Waals surface area contributed by atoms with E-state index in [-0.39, 0.29) is 24.2 Å². The molecule has 0 N–H and O–H groups in total. The highest BCUT2D eigenvalue weighted by atomic mass is 16.5. The first-order valence-corrected chi connectivity index (χ1v) is 9.15. The smallest absolute Gasteiger partial charge is 0.227 e. The maximum Gasteiger partial charge on any atom is 0.227 e. The number of ether oxygens (including phenoxy) is 2. The van der Waals surface area contributed by atoms with E-state index < -0.39 is 0 Å². The highest BCUT2D eigenvalue weighted by Gasteiger charge is 2.24. The third-order valence-electron chi connectivity index (χ3n) is 4.79. The molecule has 1 aromatic rings. The fourth-order valence-electron chi connectivity index (χ4n) is 3.28. The summed E-state index contributed by atoms with van der Waals surface area (Å²) in [6, 6.07) is 3.77. The van der Waals surface area contributed by atoms with Gasteiger partial charge in [0.1, 0.15) is 11.5 Å². The van der Waals surface area contributed by atoms with Crippen LogP contribution in [0.15, 0.2) is 12.1 Å². The molecule has 0 bridgehead atoms. The molecule has 0 radical (unpaired) electrons. The zero-order valence-corrected chi connectivity index (χ0v) is 16.5. The van der Waals surface area contributed by atoms with Crippen LogP contribution in [-0.2, 0) is 16.0 Å². The second-order valence-electron chi connectivity index (χ2n) is 7.02. The number of hydrogen-bond acceptors (Lipinski definition) is 4.